The van der Waals surface area contributed by atoms with Gasteiger partial charge in [0.25, 0.3) is 0 Å². The Hall–Kier alpha value is -2.41. The average molecular weight is 338 g/mol. The smallest absolute Gasteiger partial charge is 0.334 e. The van der Waals surface area contributed by atoms with Crippen LogP contribution in [0.15, 0.2) is 24.3 Å². The van der Waals surface area contributed by atoms with E-state index < -0.39 is 30.3 Å². The van der Waals surface area contributed by atoms with Gasteiger partial charge in [0.15, 0.2) is 0 Å². The van der Waals surface area contributed by atoms with Gasteiger partial charge in [-0.2, -0.15) is 0 Å². The molecule has 1 aliphatic heterocycles. The molecule has 23 heavy (non-hydrogen) atoms. The van der Waals surface area contributed by atoms with E-state index in [0.717, 1.165) is 10.5 Å². The van der Waals surface area contributed by atoms with Crippen molar-refractivity contribution in [1.82, 2.24) is 15.1 Å². The normalized spacial score (nSPS) is 16.0. The number of nitrogens with one attached hydrogen (secondary N) is 1. The van der Waals surface area contributed by atoms with Crippen LogP contribution < -0.4 is 5.32 Å². The van der Waals surface area contributed by atoms with Crippen molar-refractivity contribution in [2.24, 2.45) is 0 Å². The number of imide groups is 2. The summed E-state index contributed by atoms with van der Waals surface area (Å²) >= 11 is 5.90. The van der Waals surface area contributed by atoms with E-state index in [-0.39, 0.29) is 12.6 Å². The minimum absolute atomic E-state index is 0.0838. The number of benzene rings is 1. The van der Waals surface area contributed by atoms with Crippen LogP contribution in [0.1, 0.15) is 25.5 Å². The number of carbonyl (C=O) groups is 4. The highest BCUT2D eigenvalue weighted by Crippen LogP contribution is 2.17. The molecule has 1 aromatic carbocycles. The topological polar surface area (TPSA) is 86.8 Å². The van der Waals surface area contributed by atoms with Crippen LogP contribution >= 0.6 is 11.6 Å². The van der Waals surface area contributed by atoms with Gasteiger partial charge in [0, 0.05) is 11.6 Å². The third kappa shape index (κ3) is 3.50. The van der Waals surface area contributed by atoms with Crippen LogP contribution in [0.2, 0.25) is 5.02 Å². The van der Waals surface area contributed by atoms with E-state index in [1.165, 1.54) is 0 Å². The molecule has 1 saturated heterocycles. The lowest BCUT2D eigenvalue weighted by Gasteiger charge is -2.17. The van der Waals surface area contributed by atoms with Crippen molar-refractivity contribution < 1.29 is 19.2 Å². The molecular formula is C15H16ClN3O4. The minimum atomic E-state index is -0.984. The zero-order valence-electron chi connectivity index (χ0n) is 12.7. The van der Waals surface area contributed by atoms with Crippen LogP contribution in [0.5, 0.6) is 0 Å². The summed E-state index contributed by atoms with van der Waals surface area (Å²) in [5, 5.41) is 3.21. The van der Waals surface area contributed by atoms with E-state index in [4.69, 9.17) is 11.6 Å². The minimum Gasteiger partial charge on any atom is -0.348 e. The zero-order chi connectivity index (χ0) is 17.1. The highest BCUT2D eigenvalue weighted by Gasteiger charge is 2.44. The van der Waals surface area contributed by atoms with Crippen LogP contribution in [0.4, 0.5) is 4.79 Å². The molecule has 0 spiro atoms. The Morgan fingerprint density at radius 1 is 1.22 bits per heavy atom. The van der Waals surface area contributed by atoms with Crippen molar-refractivity contribution in [3.05, 3.63) is 34.9 Å². The van der Waals surface area contributed by atoms with E-state index >= 15 is 0 Å². The molecular weight excluding hydrogens is 322 g/mol. The predicted octanol–water partition coefficient (Wildman–Crippen LogP) is 1.33. The Balaban J connectivity index is 2.01. The lowest BCUT2D eigenvalue weighted by Crippen LogP contribution is -2.42. The first kappa shape index (κ1) is 17.0. The summed E-state index contributed by atoms with van der Waals surface area (Å²) < 4.78 is 0. The summed E-state index contributed by atoms with van der Waals surface area (Å²) in [6.45, 7) is 2.92. The SMILES string of the molecule is CCN1C(=O)C(=O)N(CC(=O)N[C@@H](C)c2cccc(Cl)c2)C1=O. The number of rotatable bonds is 5. The Labute approximate surface area is 138 Å². The van der Waals surface area contributed by atoms with Gasteiger partial charge in [0.2, 0.25) is 5.91 Å². The fourth-order valence-electron chi connectivity index (χ4n) is 2.26. The second-order valence-corrected chi connectivity index (χ2v) is 5.50. The third-order valence-corrected chi connectivity index (χ3v) is 3.71. The molecule has 7 nitrogen and oxygen atoms in total. The molecule has 1 aliphatic rings. The van der Waals surface area contributed by atoms with Gasteiger partial charge < -0.3 is 5.32 Å². The molecule has 1 heterocycles. The number of carbonyl (C=O) groups excluding carboxylic acids is 4. The highest BCUT2D eigenvalue weighted by molar-refractivity contribution is 6.45. The lowest BCUT2D eigenvalue weighted by atomic mass is 10.1. The maximum absolute atomic E-state index is 12.0. The summed E-state index contributed by atoms with van der Waals surface area (Å²) in [7, 11) is 0. The Morgan fingerprint density at radius 3 is 2.43 bits per heavy atom. The number of halogens is 1. The second kappa shape index (κ2) is 6.78. The van der Waals surface area contributed by atoms with Gasteiger partial charge in [0.05, 0.1) is 6.04 Å². The molecule has 0 unspecified atom stereocenters. The van der Waals surface area contributed by atoms with Gasteiger partial charge in [-0.05, 0) is 31.5 Å². The largest absolute Gasteiger partial charge is 0.348 e. The first-order valence-electron chi connectivity index (χ1n) is 7.07. The first-order chi connectivity index (χ1) is 10.8. The Kier molecular flexibility index (Phi) is 5.00. The maximum atomic E-state index is 12.0. The molecule has 0 bridgehead atoms. The number of hydrogen-bond donors (Lipinski definition) is 1. The summed E-state index contributed by atoms with van der Waals surface area (Å²) in [4.78, 5) is 48.7. The molecule has 0 aliphatic carbocycles. The molecule has 0 saturated carbocycles. The zero-order valence-corrected chi connectivity index (χ0v) is 13.5. The summed E-state index contributed by atoms with van der Waals surface area (Å²) in [5.74, 6) is -2.43. The van der Waals surface area contributed by atoms with Gasteiger partial charge in [-0.25, -0.2) is 9.69 Å². The molecule has 1 fully saturated rings. The van der Waals surface area contributed by atoms with Crippen LogP contribution in [0.3, 0.4) is 0 Å². The first-order valence-corrected chi connectivity index (χ1v) is 7.45. The van der Waals surface area contributed by atoms with Gasteiger partial charge in [-0.15, -0.1) is 0 Å². The van der Waals surface area contributed by atoms with Gasteiger partial charge in [-0.3, -0.25) is 19.3 Å². The molecule has 8 heteroatoms. The highest BCUT2D eigenvalue weighted by atomic mass is 35.5. The number of urea groups is 1. The second-order valence-electron chi connectivity index (χ2n) is 5.07. The van der Waals surface area contributed by atoms with Crippen molar-refractivity contribution in [3.63, 3.8) is 0 Å². The van der Waals surface area contributed by atoms with Crippen LogP contribution in [-0.2, 0) is 14.4 Å². The van der Waals surface area contributed by atoms with Crippen LogP contribution in [0.25, 0.3) is 0 Å². The molecule has 0 radical (unpaired) electrons. The van der Waals surface area contributed by atoms with Gasteiger partial charge in [0.1, 0.15) is 6.54 Å². The third-order valence-electron chi connectivity index (χ3n) is 3.48. The van der Waals surface area contributed by atoms with E-state index in [2.05, 4.69) is 5.32 Å². The Bertz CT molecular complexity index is 676. The van der Waals surface area contributed by atoms with E-state index in [1.54, 1.807) is 38.1 Å². The predicted molar refractivity (Wildman–Crippen MR) is 82.5 cm³/mol. The van der Waals surface area contributed by atoms with E-state index in [1.807, 2.05) is 0 Å². The summed E-state index contributed by atoms with van der Waals surface area (Å²) in [6, 6.07) is 5.85. The van der Waals surface area contributed by atoms with E-state index in [9.17, 15) is 19.2 Å². The molecule has 2 rings (SSSR count). The quantitative estimate of drug-likeness (QED) is 0.648. The monoisotopic (exact) mass is 337 g/mol. The standard InChI is InChI=1S/C15H16ClN3O4/c1-3-18-13(21)14(22)19(15(18)23)8-12(20)17-9(2)10-5-4-6-11(16)7-10/h4-7,9H,3,8H2,1-2H3,(H,17,20)/t9-/m0/s1. The molecule has 1 atom stereocenters. The number of nitrogens with zero attached hydrogens (tertiary/aromatic N) is 2. The summed E-state index contributed by atoms with van der Waals surface area (Å²) in [6.07, 6.45) is 0. The Morgan fingerprint density at radius 2 is 1.87 bits per heavy atom. The van der Waals surface area contributed by atoms with Crippen molar-refractivity contribution in [3.8, 4) is 0 Å². The molecule has 1 aromatic rings. The van der Waals surface area contributed by atoms with Crippen molar-refractivity contribution in [2.45, 2.75) is 19.9 Å². The average Bonchev–Trinajstić information content (AvgIpc) is 2.70. The van der Waals surface area contributed by atoms with Crippen molar-refractivity contribution in [1.29, 1.82) is 0 Å². The molecule has 122 valence electrons. The lowest BCUT2D eigenvalue weighted by molar-refractivity contribution is -0.144. The fraction of sp³-hybridized carbons (Fsp3) is 0.333. The van der Waals surface area contributed by atoms with Crippen LogP contribution in [-0.4, -0.2) is 46.6 Å². The number of likely N-dealkylation sites (N-methyl/N-ethyl adjacent to an activating group) is 1. The molecule has 5 amide bonds. The van der Waals surface area contributed by atoms with Crippen molar-refractivity contribution in [2.75, 3.05) is 13.1 Å². The number of amides is 5. The van der Waals surface area contributed by atoms with Crippen LogP contribution in [0, 0.1) is 0 Å². The fourth-order valence-corrected chi connectivity index (χ4v) is 2.46. The maximum Gasteiger partial charge on any atom is 0.334 e. The molecule has 0 aromatic heterocycles. The van der Waals surface area contributed by atoms with E-state index in [0.29, 0.717) is 9.92 Å². The number of hydrogen-bond acceptors (Lipinski definition) is 4. The van der Waals surface area contributed by atoms with Gasteiger partial charge >= 0.3 is 17.8 Å². The molecule has 1 N–H and O–H groups in total. The van der Waals surface area contributed by atoms with Gasteiger partial charge in [-0.1, -0.05) is 23.7 Å². The van der Waals surface area contributed by atoms with Crippen molar-refractivity contribution >= 4 is 35.4 Å². The summed E-state index contributed by atoms with van der Waals surface area (Å²) in [5.41, 5.74) is 0.788.